The second-order valence-corrected chi connectivity index (χ2v) is 6.74. The molecule has 0 amide bonds. The Morgan fingerprint density at radius 2 is 1.95 bits per heavy atom. The first-order chi connectivity index (χ1) is 10.1. The van der Waals surface area contributed by atoms with Crippen LogP contribution >= 0.6 is 0 Å². The van der Waals surface area contributed by atoms with E-state index in [1.54, 1.807) is 0 Å². The van der Waals surface area contributed by atoms with E-state index in [2.05, 4.69) is 44.4 Å². The fraction of sp³-hybridized carbons (Fsp3) is 0.667. The van der Waals surface area contributed by atoms with Crippen LogP contribution in [0.15, 0.2) is 24.3 Å². The average Bonchev–Trinajstić information content (AvgIpc) is 2.45. The normalized spacial score (nSPS) is 27.3. The van der Waals surface area contributed by atoms with Gasteiger partial charge in [-0.2, -0.15) is 0 Å². The maximum Gasteiger partial charge on any atom is 0.119 e. The van der Waals surface area contributed by atoms with Crippen LogP contribution in [0.25, 0.3) is 0 Å². The molecule has 3 heteroatoms. The summed E-state index contributed by atoms with van der Waals surface area (Å²) in [5.74, 6) is 9.02. The summed E-state index contributed by atoms with van der Waals surface area (Å²) in [6.07, 6.45) is 4.87. The smallest absolute Gasteiger partial charge is 0.119 e. The van der Waals surface area contributed by atoms with Gasteiger partial charge in [-0.15, -0.1) is 0 Å². The number of benzene rings is 1. The minimum atomic E-state index is 0.223. The quantitative estimate of drug-likeness (QED) is 0.613. The van der Waals surface area contributed by atoms with Crippen LogP contribution in [-0.2, 0) is 0 Å². The van der Waals surface area contributed by atoms with E-state index < -0.39 is 0 Å². The predicted molar refractivity (Wildman–Crippen MR) is 88.0 cm³/mol. The third-order valence-corrected chi connectivity index (χ3v) is 4.56. The molecule has 0 spiro atoms. The van der Waals surface area contributed by atoms with Gasteiger partial charge < -0.3 is 4.74 Å². The van der Waals surface area contributed by atoms with Gasteiger partial charge in [0.15, 0.2) is 0 Å². The summed E-state index contributed by atoms with van der Waals surface area (Å²) < 4.78 is 5.75. The van der Waals surface area contributed by atoms with Crippen molar-refractivity contribution in [3.63, 3.8) is 0 Å². The lowest BCUT2D eigenvalue weighted by Crippen LogP contribution is -2.37. The molecule has 1 saturated carbocycles. The highest BCUT2D eigenvalue weighted by Gasteiger charge is 2.30. The van der Waals surface area contributed by atoms with Crippen molar-refractivity contribution in [3.8, 4) is 5.75 Å². The van der Waals surface area contributed by atoms with Gasteiger partial charge in [0.2, 0.25) is 0 Å². The zero-order valence-corrected chi connectivity index (χ0v) is 13.6. The van der Waals surface area contributed by atoms with Crippen molar-refractivity contribution >= 4 is 0 Å². The Balaban J connectivity index is 2.12. The maximum atomic E-state index is 5.89. The van der Waals surface area contributed by atoms with Crippen LogP contribution in [0.4, 0.5) is 0 Å². The number of nitrogens with two attached hydrogens (primary N) is 1. The summed E-state index contributed by atoms with van der Waals surface area (Å²) in [5.41, 5.74) is 4.30. The molecule has 3 N–H and O–H groups in total. The second-order valence-electron chi connectivity index (χ2n) is 6.74. The largest absolute Gasteiger partial charge is 0.494 e. The summed E-state index contributed by atoms with van der Waals surface area (Å²) in [6, 6.07) is 8.62. The molecule has 2 rings (SSSR count). The zero-order valence-electron chi connectivity index (χ0n) is 13.6. The fourth-order valence-corrected chi connectivity index (χ4v) is 3.80. The molecule has 3 unspecified atom stereocenters. The maximum absolute atomic E-state index is 5.89. The van der Waals surface area contributed by atoms with Gasteiger partial charge in [-0.05, 0) is 61.1 Å². The molecular formula is C18H30N2O. The van der Waals surface area contributed by atoms with Crippen LogP contribution in [0.1, 0.15) is 58.1 Å². The van der Waals surface area contributed by atoms with Crippen molar-refractivity contribution in [2.75, 3.05) is 6.61 Å². The average molecular weight is 290 g/mol. The van der Waals surface area contributed by atoms with Crippen molar-refractivity contribution in [3.05, 3.63) is 29.8 Å². The van der Waals surface area contributed by atoms with E-state index in [9.17, 15) is 0 Å². The van der Waals surface area contributed by atoms with E-state index in [0.717, 1.165) is 30.6 Å². The number of hydrogen-bond acceptors (Lipinski definition) is 3. The second kappa shape index (κ2) is 7.81. The van der Waals surface area contributed by atoms with E-state index in [0.29, 0.717) is 5.92 Å². The summed E-state index contributed by atoms with van der Waals surface area (Å²) in [7, 11) is 0. The first-order valence-corrected chi connectivity index (χ1v) is 8.32. The number of hydrazine groups is 1. The molecule has 0 saturated heterocycles. The Morgan fingerprint density at radius 1 is 1.24 bits per heavy atom. The zero-order chi connectivity index (χ0) is 15.2. The van der Waals surface area contributed by atoms with Gasteiger partial charge in [-0.1, -0.05) is 32.9 Å². The molecule has 21 heavy (non-hydrogen) atoms. The molecule has 1 aromatic carbocycles. The molecule has 1 fully saturated rings. The van der Waals surface area contributed by atoms with Gasteiger partial charge in [0.1, 0.15) is 5.75 Å². The van der Waals surface area contributed by atoms with Gasteiger partial charge in [0.25, 0.3) is 0 Å². The molecule has 1 aliphatic carbocycles. The van der Waals surface area contributed by atoms with E-state index in [1.807, 2.05) is 6.07 Å². The van der Waals surface area contributed by atoms with Gasteiger partial charge in [0.05, 0.1) is 6.61 Å². The lowest BCUT2D eigenvalue weighted by Gasteiger charge is -2.36. The van der Waals surface area contributed by atoms with Crippen molar-refractivity contribution in [2.24, 2.45) is 23.6 Å². The predicted octanol–water partition coefficient (Wildman–Crippen LogP) is 4.05. The molecule has 0 bridgehead atoms. The molecule has 1 aromatic rings. The monoisotopic (exact) mass is 290 g/mol. The van der Waals surface area contributed by atoms with E-state index in [-0.39, 0.29) is 6.04 Å². The van der Waals surface area contributed by atoms with Gasteiger partial charge >= 0.3 is 0 Å². The van der Waals surface area contributed by atoms with E-state index in [4.69, 9.17) is 10.6 Å². The lowest BCUT2D eigenvalue weighted by atomic mass is 9.72. The van der Waals surface area contributed by atoms with Crippen molar-refractivity contribution < 1.29 is 4.74 Å². The summed E-state index contributed by atoms with van der Waals surface area (Å²) in [5, 5.41) is 0. The Morgan fingerprint density at radius 3 is 2.57 bits per heavy atom. The Kier molecular flexibility index (Phi) is 6.07. The SMILES string of the molecule is CCCOc1cccc(C(NN)C2CC(C)CC(C)C2)c1. The van der Waals surface area contributed by atoms with Crippen LogP contribution in [0.3, 0.4) is 0 Å². The third-order valence-electron chi connectivity index (χ3n) is 4.56. The van der Waals surface area contributed by atoms with Gasteiger partial charge in [0, 0.05) is 6.04 Å². The molecule has 3 atom stereocenters. The van der Waals surface area contributed by atoms with Crippen LogP contribution in [0, 0.1) is 17.8 Å². The van der Waals surface area contributed by atoms with E-state index >= 15 is 0 Å². The minimum absolute atomic E-state index is 0.223. The van der Waals surface area contributed by atoms with Crippen LogP contribution < -0.4 is 16.0 Å². The molecule has 0 aliphatic heterocycles. The summed E-state index contributed by atoms with van der Waals surface area (Å²) >= 11 is 0. The summed E-state index contributed by atoms with van der Waals surface area (Å²) in [4.78, 5) is 0. The topological polar surface area (TPSA) is 47.3 Å². The highest BCUT2D eigenvalue weighted by Crippen LogP contribution is 2.40. The van der Waals surface area contributed by atoms with Crippen molar-refractivity contribution in [2.45, 2.75) is 52.5 Å². The number of rotatable bonds is 6. The fourth-order valence-electron chi connectivity index (χ4n) is 3.80. The van der Waals surface area contributed by atoms with E-state index in [1.165, 1.54) is 24.8 Å². The van der Waals surface area contributed by atoms with Crippen LogP contribution in [-0.4, -0.2) is 6.61 Å². The Labute approximate surface area is 129 Å². The van der Waals surface area contributed by atoms with Crippen molar-refractivity contribution in [1.29, 1.82) is 0 Å². The molecule has 0 aromatic heterocycles. The molecule has 1 aliphatic rings. The van der Waals surface area contributed by atoms with Gasteiger partial charge in [-0.3, -0.25) is 11.3 Å². The summed E-state index contributed by atoms with van der Waals surface area (Å²) in [6.45, 7) is 7.61. The van der Waals surface area contributed by atoms with Crippen LogP contribution in [0.5, 0.6) is 5.75 Å². The standard InChI is InChI=1S/C18H30N2O/c1-4-8-21-17-7-5-6-15(12-17)18(20-19)16-10-13(2)9-14(3)11-16/h5-7,12-14,16,18,20H,4,8-11,19H2,1-3H3. The van der Waals surface area contributed by atoms with Crippen molar-refractivity contribution in [1.82, 2.24) is 5.43 Å². The Bertz CT molecular complexity index is 425. The lowest BCUT2D eigenvalue weighted by molar-refractivity contribution is 0.176. The highest BCUT2D eigenvalue weighted by molar-refractivity contribution is 5.31. The van der Waals surface area contributed by atoms with Gasteiger partial charge in [-0.25, -0.2) is 0 Å². The Hall–Kier alpha value is -1.06. The number of ether oxygens (including phenoxy) is 1. The highest BCUT2D eigenvalue weighted by atomic mass is 16.5. The number of nitrogens with one attached hydrogen (secondary N) is 1. The molecule has 118 valence electrons. The third kappa shape index (κ3) is 4.45. The molecular weight excluding hydrogens is 260 g/mol. The number of hydrogen-bond donors (Lipinski definition) is 2. The molecule has 0 radical (unpaired) electrons. The minimum Gasteiger partial charge on any atom is -0.494 e. The first-order valence-electron chi connectivity index (χ1n) is 8.32. The molecule has 3 nitrogen and oxygen atoms in total. The first kappa shape index (κ1) is 16.3. The van der Waals surface area contributed by atoms with Crippen LogP contribution in [0.2, 0.25) is 0 Å². The molecule has 0 heterocycles.